The number of piperidine rings is 1. The number of aromatic nitrogens is 1. The lowest BCUT2D eigenvalue weighted by Crippen LogP contribution is -2.43. The molecule has 1 aromatic heterocycles. The lowest BCUT2D eigenvalue weighted by Gasteiger charge is -2.23. The molecule has 0 aromatic carbocycles. The number of hydrogen-bond acceptors (Lipinski definition) is 4. The normalized spacial score (nSPS) is 16.3. The summed E-state index contributed by atoms with van der Waals surface area (Å²) in [7, 11) is 0. The first-order chi connectivity index (χ1) is 9.11. The van der Waals surface area contributed by atoms with Crippen molar-refractivity contribution in [3.63, 3.8) is 0 Å². The maximum atomic E-state index is 12.2. The van der Waals surface area contributed by atoms with E-state index in [0.717, 1.165) is 25.9 Å². The number of rotatable bonds is 4. The van der Waals surface area contributed by atoms with Crippen molar-refractivity contribution in [3.8, 4) is 0 Å². The van der Waals surface area contributed by atoms with Gasteiger partial charge in [-0.25, -0.2) is 0 Å². The summed E-state index contributed by atoms with van der Waals surface area (Å²) < 4.78 is 1.61. The van der Waals surface area contributed by atoms with Crippen LogP contribution < -0.4 is 10.6 Å². The van der Waals surface area contributed by atoms with Gasteiger partial charge in [-0.05, 0) is 32.9 Å². The van der Waals surface area contributed by atoms with Gasteiger partial charge in [0.1, 0.15) is 5.69 Å². The smallest absolute Gasteiger partial charge is 0.287 e. The molecule has 7 heteroatoms. The summed E-state index contributed by atoms with van der Waals surface area (Å²) in [6, 6.07) is 1.48. The van der Waals surface area contributed by atoms with Crippen molar-refractivity contribution in [1.29, 1.82) is 0 Å². The summed E-state index contributed by atoms with van der Waals surface area (Å²) in [5.41, 5.74) is 0.310. The maximum Gasteiger partial charge on any atom is 0.287 e. The van der Waals surface area contributed by atoms with Crippen LogP contribution in [0.15, 0.2) is 12.3 Å². The Morgan fingerprint density at radius 1 is 1.58 bits per heavy atom. The summed E-state index contributed by atoms with van der Waals surface area (Å²) in [6.07, 6.45) is 3.18. The quantitative estimate of drug-likeness (QED) is 0.626. The summed E-state index contributed by atoms with van der Waals surface area (Å²) in [4.78, 5) is 22.4. The molecule has 1 aliphatic heterocycles. The lowest BCUT2D eigenvalue weighted by atomic mass is 10.1. The van der Waals surface area contributed by atoms with Crippen molar-refractivity contribution >= 4 is 11.6 Å². The fourth-order valence-corrected chi connectivity index (χ4v) is 2.27. The zero-order valence-corrected chi connectivity index (χ0v) is 10.9. The van der Waals surface area contributed by atoms with Crippen LogP contribution in [0.5, 0.6) is 0 Å². The molecule has 0 atom stereocenters. The highest BCUT2D eigenvalue weighted by Crippen LogP contribution is 2.17. The Kier molecular flexibility index (Phi) is 4.16. The van der Waals surface area contributed by atoms with Gasteiger partial charge >= 0.3 is 0 Å². The molecule has 1 amide bonds. The Morgan fingerprint density at radius 2 is 2.26 bits per heavy atom. The molecule has 0 unspecified atom stereocenters. The number of hydrogen-bond donors (Lipinski definition) is 2. The zero-order chi connectivity index (χ0) is 13.8. The third kappa shape index (κ3) is 3.11. The largest absolute Gasteiger partial charge is 0.348 e. The van der Waals surface area contributed by atoms with Crippen LogP contribution >= 0.6 is 0 Å². The highest BCUT2D eigenvalue weighted by atomic mass is 16.6. The molecule has 0 bridgehead atoms. The second-order valence-electron chi connectivity index (χ2n) is 4.62. The highest BCUT2D eigenvalue weighted by Gasteiger charge is 2.21. The first kappa shape index (κ1) is 13.5. The van der Waals surface area contributed by atoms with Gasteiger partial charge in [0.05, 0.1) is 11.1 Å². The minimum Gasteiger partial charge on any atom is -0.348 e. The van der Waals surface area contributed by atoms with Crippen molar-refractivity contribution in [2.24, 2.45) is 0 Å². The molecule has 2 rings (SSSR count). The van der Waals surface area contributed by atoms with Gasteiger partial charge < -0.3 is 15.2 Å². The third-order valence-corrected chi connectivity index (χ3v) is 3.34. The number of carbonyl (C=O) groups is 1. The fourth-order valence-electron chi connectivity index (χ4n) is 2.27. The fraction of sp³-hybridized carbons (Fsp3) is 0.583. The first-order valence-electron chi connectivity index (χ1n) is 6.48. The summed E-state index contributed by atoms with van der Waals surface area (Å²) >= 11 is 0. The summed E-state index contributed by atoms with van der Waals surface area (Å²) in [5, 5.41) is 16.9. The van der Waals surface area contributed by atoms with E-state index >= 15 is 0 Å². The van der Waals surface area contributed by atoms with Gasteiger partial charge in [0.2, 0.25) is 0 Å². The molecule has 1 aliphatic rings. The molecule has 2 N–H and O–H groups in total. The van der Waals surface area contributed by atoms with Gasteiger partial charge in [0.25, 0.3) is 11.6 Å². The first-order valence-corrected chi connectivity index (χ1v) is 6.48. The van der Waals surface area contributed by atoms with Crippen LogP contribution in [0.2, 0.25) is 0 Å². The number of nitro groups is 1. The molecular weight excluding hydrogens is 248 g/mol. The van der Waals surface area contributed by atoms with E-state index in [1.165, 1.54) is 12.3 Å². The van der Waals surface area contributed by atoms with E-state index in [2.05, 4.69) is 10.6 Å². The summed E-state index contributed by atoms with van der Waals surface area (Å²) in [6.45, 7) is 4.16. The molecule has 19 heavy (non-hydrogen) atoms. The third-order valence-electron chi connectivity index (χ3n) is 3.34. The average Bonchev–Trinajstić information content (AvgIpc) is 2.84. The number of aryl methyl sites for hydroxylation is 1. The van der Waals surface area contributed by atoms with Gasteiger partial charge in [0, 0.05) is 18.7 Å². The standard InChI is InChI=1S/C12H18N4O3/c1-2-15-8-10(16(18)19)7-11(15)12(17)14-9-3-5-13-6-4-9/h7-9,13H,2-6H2,1H3,(H,14,17). The molecule has 104 valence electrons. The van der Waals surface area contributed by atoms with Crippen LogP contribution in [0.4, 0.5) is 5.69 Å². The van der Waals surface area contributed by atoms with Crippen LogP contribution in [0.3, 0.4) is 0 Å². The van der Waals surface area contributed by atoms with E-state index in [9.17, 15) is 14.9 Å². The molecular formula is C12H18N4O3. The van der Waals surface area contributed by atoms with E-state index < -0.39 is 4.92 Å². The number of nitrogens with one attached hydrogen (secondary N) is 2. The molecule has 0 spiro atoms. The van der Waals surface area contributed by atoms with Crippen LogP contribution in [0.1, 0.15) is 30.3 Å². The molecule has 0 radical (unpaired) electrons. The molecule has 0 aliphatic carbocycles. The summed E-state index contributed by atoms with van der Waals surface area (Å²) in [5.74, 6) is -0.234. The van der Waals surface area contributed by atoms with Gasteiger partial charge in [-0.1, -0.05) is 0 Å². The van der Waals surface area contributed by atoms with Gasteiger partial charge in [-0.3, -0.25) is 14.9 Å². The Morgan fingerprint density at radius 3 is 2.84 bits per heavy atom. The zero-order valence-electron chi connectivity index (χ0n) is 10.9. The number of nitrogens with zero attached hydrogens (tertiary/aromatic N) is 2. The molecule has 1 aromatic rings. The predicted octanol–water partition coefficient (Wildman–Crippen LogP) is 0.898. The van der Waals surface area contributed by atoms with Crippen LogP contribution in [0, 0.1) is 10.1 Å². The van der Waals surface area contributed by atoms with Crippen LogP contribution in [-0.4, -0.2) is 34.5 Å². The number of amides is 1. The van der Waals surface area contributed by atoms with E-state index in [1.54, 1.807) is 4.57 Å². The van der Waals surface area contributed by atoms with Gasteiger partial charge in [0.15, 0.2) is 0 Å². The minimum absolute atomic E-state index is 0.0442. The molecule has 1 fully saturated rings. The van der Waals surface area contributed by atoms with Crippen LogP contribution in [0.25, 0.3) is 0 Å². The number of carbonyl (C=O) groups excluding carboxylic acids is 1. The van der Waals surface area contributed by atoms with Crippen molar-refractivity contribution in [2.75, 3.05) is 13.1 Å². The monoisotopic (exact) mass is 266 g/mol. The molecule has 1 saturated heterocycles. The SMILES string of the molecule is CCn1cc([N+](=O)[O-])cc1C(=O)NC1CCNCC1. The maximum absolute atomic E-state index is 12.2. The van der Waals surface area contributed by atoms with E-state index in [4.69, 9.17) is 0 Å². The Bertz CT molecular complexity index is 477. The van der Waals surface area contributed by atoms with E-state index in [0.29, 0.717) is 12.2 Å². The predicted molar refractivity (Wildman–Crippen MR) is 70.1 cm³/mol. The second kappa shape index (κ2) is 5.83. The van der Waals surface area contributed by atoms with Crippen molar-refractivity contribution < 1.29 is 9.72 Å². The van der Waals surface area contributed by atoms with Crippen molar-refractivity contribution in [1.82, 2.24) is 15.2 Å². The Hall–Kier alpha value is -1.89. The average molecular weight is 266 g/mol. The Labute approximate surface area is 111 Å². The molecule has 2 heterocycles. The Balaban J connectivity index is 2.11. The highest BCUT2D eigenvalue weighted by molar-refractivity contribution is 5.93. The molecule has 0 saturated carbocycles. The van der Waals surface area contributed by atoms with E-state index in [1.807, 2.05) is 6.92 Å². The lowest BCUT2D eigenvalue weighted by molar-refractivity contribution is -0.384. The van der Waals surface area contributed by atoms with Crippen molar-refractivity contribution in [3.05, 3.63) is 28.1 Å². The molecule has 7 nitrogen and oxygen atoms in total. The van der Waals surface area contributed by atoms with Gasteiger partial charge in [-0.15, -0.1) is 0 Å². The minimum atomic E-state index is -0.479. The second-order valence-corrected chi connectivity index (χ2v) is 4.62. The van der Waals surface area contributed by atoms with Gasteiger partial charge in [-0.2, -0.15) is 0 Å². The van der Waals surface area contributed by atoms with E-state index in [-0.39, 0.29) is 17.6 Å². The van der Waals surface area contributed by atoms with Crippen LogP contribution in [-0.2, 0) is 6.54 Å². The van der Waals surface area contributed by atoms with Crippen molar-refractivity contribution in [2.45, 2.75) is 32.4 Å². The topological polar surface area (TPSA) is 89.2 Å².